The molecule has 24 heavy (non-hydrogen) atoms. The Morgan fingerprint density at radius 1 is 0.458 bits per heavy atom. The molecule has 0 spiro atoms. The molecule has 0 bridgehead atoms. The van der Waals surface area contributed by atoms with E-state index < -0.39 is 41.1 Å². The second-order valence-electron chi connectivity index (χ2n) is 3.31. The highest BCUT2D eigenvalue weighted by Crippen LogP contribution is 2.12. The molecule has 0 aliphatic heterocycles. The second-order valence-corrected chi connectivity index (χ2v) is 3.31. The van der Waals surface area contributed by atoms with Crippen LogP contribution in [0.25, 0.3) is 0 Å². The minimum absolute atomic E-state index is 0.832. The summed E-state index contributed by atoms with van der Waals surface area (Å²) in [5, 5.41) is 62.8. The van der Waals surface area contributed by atoms with Crippen molar-refractivity contribution in [3.63, 3.8) is 0 Å². The van der Waals surface area contributed by atoms with Gasteiger partial charge >= 0.3 is 11.6 Å². The summed E-state index contributed by atoms with van der Waals surface area (Å²) >= 11 is 0. The number of hydrogen-bond donors (Lipinski definition) is 0. The maximum Gasteiger partial charge on any atom is 0.768 e. The average molecular weight is 348 g/mol. The molecular weight excluding hydrogens is 348 g/mol. The average Bonchev–Trinajstić information content (AvgIpc) is 2.40. The Morgan fingerprint density at radius 3 is 0.750 bits per heavy atom. The summed E-state index contributed by atoms with van der Waals surface area (Å²) in [5.41, 5.74) is 0. The number of rotatable bonds is 6. The van der Waals surface area contributed by atoms with E-state index in [9.17, 15) is 60.7 Å². The molecule has 0 saturated heterocycles. The summed E-state index contributed by atoms with van der Waals surface area (Å²) in [6.45, 7) is 0. The van der Waals surface area contributed by atoms with E-state index in [1.807, 2.05) is 0 Å². The van der Waals surface area contributed by atoms with Gasteiger partial charge in [0.05, 0.1) is 0 Å². The lowest BCUT2D eigenvalue weighted by atomic mass is 10.3. The van der Waals surface area contributed by atoms with Crippen LogP contribution >= 0.6 is 0 Å². The molecular formula is C6N6O12. The zero-order chi connectivity index (χ0) is 19.3. The fraction of sp³-hybridized carbons (Fsp3) is 0.333. The number of hydrogen-bond acceptors (Lipinski definition) is 12. The third-order valence-electron chi connectivity index (χ3n) is 2.05. The molecule has 18 heteroatoms. The Morgan fingerprint density at radius 2 is 0.625 bits per heavy atom. The van der Waals surface area contributed by atoms with Crippen molar-refractivity contribution in [1.82, 2.24) is 0 Å². The van der Waals surface area contributed by atoms with Gasteiger partial charge in [0.25, 0.3) is 0 Å². The zero-order valence-corrected chi connectivity index (χ0v) is 10.6. The van der Waals surface area contributed by atoms with E-state index in [-0.39, 0.29) is 0 Å². The summed E-state index contributed by atoms with van der Waals surface area (Å²) in [6.07, 6.45) is 0. The van der Waals surface area contributed by atoms with Crippen LogP contribution in [0.1, 0.15) is 0 Å². The van der Waals surface area contributed by atoms with Crippen LogP contribution in [0.5, 0.6) is 0 Å². The quantitative estimate of drug-likeness (QED) is 0.217. The van der Waals surface area contributed by atoms with Crippen molar-refractivity contribution in [1.29, 1.82) is 0 Å². The van der Waals surface area contributed by atoms with Crippen molar-refractivity contribution in [2.45, 2.75) is 11.6 Å². The van der Waals surface area contributed by atoms with Crippen molar-refractivity contribution < 1.29 is 29.5 Å². The molecule has 0 aliphatic rings. The van der Waals surface area contributed by atoms with Gasteiger partial charge in [0.15, 0.2) is 41.4 Å². The predicted octanol–water partition coefficient (Wildman–Crippen LogP) is -2.04. The smallest absolute Gasteiger partial charge is 0.252 e. The number of nitrogens with zero attached hydrogens (tertiary/aromatic N) is 6. The molecule has 0 aromatic carbocycles. The van der Waals surface area contributed by atoms with Crippen LogP contribution in [0.4, 0.5) is 0 Å². The van der Waals surface area contributed by atoms with Crippen LogP contribution in [0.2, 0.25) is 0 Å². The molecule has 0 aromatic heterocycles. The van der Waals surface area contributed by atoms with Gasteiger partial charge in [0, 0.05) is 11.8 Å². The van der Waals surface area contributed by atoms with E-state index in [0.717, 1.165) is 23.7 Å². The van der Waals surface area contributed by atoms with Crippen molar-refractivity contribution in [3.05, 3.63) is 60.7 Å². The van der Waals surface area contributed by atoms with Crippen LogP contribution in [0, 0.1) is 84.4 Å². The van der Waals surface area contributed by atoms with Crippen molar-refractivity contribution >= 4 is 0 Å². The molecule has 126 valence electrons. The summed E-state index contributed by atoms with van der Waals surface area (Å²) in [4.78, 5) is 50.6. The van der Waals surface area contributed by atoms with Crippen LogP contribution in [-0.4, -0.2) is 41.1 Å². The van der Waals surface area contributed by atoms with Crippen molar-refractivity contribution in [3.8, 4) is 23.7 Å². The maximum absolute atomic E-state index is 10.5. The largest absolute Gasteiger partial charge is 0.768 e. The summed E-state index contributed by atoms with van der Waals surface area (Å²) in [6, 6.07) is 0. The van der Waals surface area contributed by atoms with Gasteiger partial charge in [-0.1, -0.05) is 0 Å². The Balaban J connectivity index is 6.29. The van der Waals surface area contributed by atoms with E-state index in [1.54, 1.807) is 0 Å². The van der Waals surface area contributed by atoms with Crippen LogP contribution in [0.3, 0.4) is 0 Å². The molecule has 0 aliphatic carbocycles. The molecule has 0 unspecified atom stereocenters. The Labute approximate surface area is 126 Å². The minimum atomic E-state index is -4.31. The van der Waals surface area contributed by atoms with Gasteiger partial charge in [-0.25, -0.2) is 0 Å². The highest BCUT2D eigenvalue weighted by molar-refractivity contribution is 5.29. The van der Waals surface area contributed by atoms with E-state index in [1.165, 1.54) is 0 Å². The standard InChI is InChI=1S/C6N6O12/c13-7(14)5(8(15)16,9(17)18)3-1-2-4-6(10(19)20,11(21)22)12(23)24. The molecule has 0 radical (unpaired) electrons. The lowest BCUT2D eigenvalue weighted by Gasteiger charge is -2.01. The first-order valence-electron chi connectivity index (χ1n) is 4.78. The Bertz CT molecular complexity index is 639. The summed E-state index contributed by atoms with van der Waals surface area (Å²) in [5.74, 6) is -4.87. The highest BCUT2D eigenvalue weighted by Gasteiger charge is 2.71. The topological polar surface area (TPSA) is 259 Å². The van der Waals surface area contributed by atoms with Crippen molar-refractivity contribution in [2.24, 2.45) is 0 Å². The van der Waals surface area contributed by atoms with Gasteiger partial charge in [-0.3, -0.25) is 60.7 Å². The SMILES string of the molecule is O=[N+]([O-])C(C#CC#CC([N+](=O)[O-])([N+](=O)[O-])[N+](=O)[O-])([N+](=O)[O-])[N+](=O)[O-]. The lowest BCUT2D eigenvalue weighted by Crippen LogP contribution is -2.52. The van der Waals surface area contributed by atoms with E-state index in [0.29, 0.717) is 0 Å². The molecule has 0 fully saturated rings. The molecule has 0 heterocycles. The third kappa shape index (κ3) is 2.91. The normalized spacial score (nSPS) is 10.2. The molecule has 18 nitrogen and oxygen atoms in total. The van der Waals surface area contributed by atoms with Gasteiger partial charge in [-0.15, -0.1) is 0 Å². The molecule has 0 saturated carbocycles. The first kappa shape index (κ1) is 19.5. The lowest BCUT2D eigenvalue weighted by molar-refractivity contribution is -0.950. The third-order valence-corrected chi connectivity index (χ3v) is 2.05. The Hall–Kier alpha value is -4.48. The van der Waals surface area contributed by atoms with E-state index in [4.69, 9.17) is 0 Å². The van der Waals surface area contributed by atoms with Gasteiger partial charge in [0.2, 0.25) is 0 Å². The summed E-state index contributed by atoms with van der Waals surface area (Å²) < 4.78 is 0. The minimum Gasteiger partial charge on any atom is -0.252 e. The van der Waals surface area contributed by atoms with Crippen LogP contribution in [0.15, 0.2) is 0 Å². The fourth-order valence-electron chi connectivity index (χ4n) is 0.904. The number of nitro groups is 6. The highest BCUT2D eigenvalue weighted by atomic mass is 16.7. The monoisotopic (exact) mass is 348 g/mol. The van der Waals surface area contributed by atoms with Gasteiger partial charge in [-0.05, 0) is 0 Å². The van der Waals surface area contributed by atoms with Gasteiger partial charge in [0.1, 0.15) is 0 Å². The van der Waals surface area contributed by atoms with E-state index in [2.05, 4.69) is 0 Å². The van der Waals surface area contributed by atoms with Crippen molar-refractivity contribution in [2.75, 3.05) is 0 Å². The molecule has 0 atom stereocenters. The Kier molecular flexibility index (Phi) is 5.31. The van der Waals surface area contributed by atoms with Gasteiger partial charge < -0.3 is 0 Å². The van der Waals surface area contributed by atoms with Crippen LogP contribution < -0.4 is 0 Å². The fourth-order valence-corrected chi connectivity index (χ4v) is 0.904. The zero-order valence-electron chi connectivity index (χ0n) is 10.6. The van der Waals surface area contributed by atoms with Crippen LogP contribution in [-0.2, 0) is 0 Å². The molecule has 0 amide bonds. The second kappa shape index (κ2) is 6.52. The molecule has 0 aromatic rings. The molecule has 0 N–H and O–H groups in total. The predicted molar refractivity (Wildman–Crippen MR) is 63.0 cm³/mol. The first-order chi connectivity index (χ1) is 10.9. The summed E-state index contributed by atoms with van der Waals surface area (Å²) in [7, 11) is 0. The van der Waals surface area contributed by atoms with E-state index >= 15 is 0 Å². The molecule has 0 rings (SSSR count). The first-order valence-corrected chi connectivity index (χ1v) is 4.78. The van der Waals surface area contributed by atoms with Gasteiger partial charge in [-0.2, -0.15) is 0 Å². The maximum atomic E-state index is 10.5.